The van der Waals surface area contributed by atoms with Gasteiger partial charge >= 0.3 is 5.97 Å². The Balaban J connectivity index is 0.000000171. The lowest BCUT2D eigenvalue weighted by atomic mass is 10.1. The molecular formula is C36H32N2O5. The van der Waals surface area contributed by atoms with Gasteiger partial charge in [-0.1, -0.05) is 72.8 Å². The summed E-state index contributed by atoms with van der Waals surface area (Å²) in [6.07, 6.45) is 0. The van der Waals surface area contributed by atoms with Crippen molar-refractivity contribution in [3.63, 3.8) is 0 Å². The van der Waals surface area contributed by atoms with Crippen molar-refractivity contribution in [1.82, 2.24) is 9.97 Å². The van der Waals surface area contributed by atoms with Crippen molar-refractivity contribution in [2.24, 2.45) is 0 Å². The maximum absolute atomic E-state index is 12.5. The number of aromatic nitrogens is 2. The minimum atomic E-state index is -0.480. The average molecular weight is 573 g/mol. The van der Waals surface area contributed by atoms with Gasteiger partial charge in [0.2, 0.25) is 0 Å². The van der Waals surface area contributed by atoms with Crippen LogP contribution in [0.15, 0.2) is 119 Å². The molecule has 216 valence electrons. The molecule has 7 heteroatoms. The number of fused-ring (bicyclic) bond motifs is 2. The van der Waals surface area contributed by atoms with Crippen LogP contribution in [0.5, 0.6) is 0 Å². The highest BCUT2D eigenvalue weighted by atomic mass is 16.5. The van der Waals surface area contributed by atoms with Gasteiger partial charge in [0.05, 0.1) is 29.7 Å². The van der Waals surface area contributed by atoms with Crippen LogP contribution < -0.4 is 10.9 Å². The van der Waals surface area contributed by atoms with Crippen molar-refractivity contribution in [2.45, 2.75) is 20.5 Å². The Morgan fingerprint density at radius 3 is 1.91 bits per heavy atom. The van der Waals surface area contributed by atoms with Crippen LogP contribution in [-0.2, 0) is 16.1 Å². The van der Waals surface area contributed by atoms with Gasteiger partial charge in [-0.15, -0.1) is 0 Å². The molecule has 0 aliphatic heterocycles. The summed E-state index contributed by atoms with van der Waals surface area (Å²) in [6, 6.07) is 33.6. The topological polar surface area (TPSA) is 101 Å². The number of rotatable bonds is 7. The minimum Gasteiger partial charge on any atom is -0.462 e. The predicted molar refractivity (Wildman–Crippen MR) is 171 cm³/mol. The van der Waals surface area contributed by atoms with Crippen LogP contribution in [0.25, 0.3) is 44.3 Å². The van der Waals surface area contributed by atoms with Gasteiger partial charge in [-0.2, -0.15) is 0 Å². The molecule has 0 radical (unpaired) electrons. The van der Waals surface area contributed by atoms with Crippen molar-refractivity contribution in [3.05, 3.63) is 141 Å². The van der Waals surface area contributed by atoms with E-state index in [9.17, 15) is 14.4 Å². The number of hydrogen-bond donors (Lipinski definition) is 2. The van der Waals surface area contributed by atoms with E-state index < -0.39 is 5.97 Å². The van der Waals surface area contributed by atoms with Crippen molar-refractivity contribution in [2.75, 3.05) is 13.2 Å². The Kier molecular flexibility index (Phi) is 9.24. The standard InChI is InChI=1S/C18H15NO3.C18H17NO2/c1-2-22-18(21)13-9-6-10-14-17(13)16(20)11-15(19-14)12-7-4-3-5-8-12;1-2-21-12-13-8-9-16-15(10-13)18(20)11-17(19-16)14-6-4-3-5-7-14/h3-11H,2H2,1H3,(H,19,20);3-11H,2,12H2,1H3,(H,19,20). The number of benzene rings is 4. The SMILES string of the molecule is CCOC(=O)c1cccc2[nH]c(-c3ccccc3)cc(=O)c12.CCOCc1ccc2[nH]c(-c3ccccc3)cc(=O)c2c1. The average Bonchev–Trinajstić information content (AvgIpc) is 3.04. The van der Waals surface area contributed by atoms with E-state index in [4.69, 9.17) is 9.47 Å². The van der Waals surface area contributed by atoms with Crippen LogP contribution in [0.1, 0.15) is 29.8 Å². The second-order valence-electron chi connectivity index (χ2n) is 9.79. The van der Waals surface area contributed by atoms with Crippen LogP contribution in [0.4, 0.5) is 0 Å². The summed E-state index contributed by atoms with van der Waals surface area (Å²) in [5, 5.41) is 1.06. The molecule has 0 unspecified atom stereocenters. The first-order valence-corrected chi connectivity index (χ1v) is 14.2. The summed E-state index contributed by atoms with van der Waals surface area (Å²) >= 11 is 0. The zero-order valence-electron chi connectivity index (χ0n) is 24.1. The number of carbonyl (C=O) groups excluding carboxylic acids is 1. The van der Waals surface area contributed by atoms with E-state index in [2.05, 4.69) is 9.97 Å². The van der Waals surface area contributed by atoms with Crippen LogP contribution in [0.2, 0.25) is 0 Å². The zero-order valence-corrected chi connectivity index (χ0v) is 24.1. The highest BCUT2D eigenvalue weighted by molar-refractivity contribution is 6.03. The third kappa shape index (κ3) is 6.80. The van der Waals surface area contributed by atoms with E-state index in [0.717, 1.165) is 33.6 Å². The van der Waals surface area contributed by atoms with Crippen LogP contribution in [0, 0.1) is 0 Å². The van der Waals surface area contributed by atoms with E-state index >= 15 is 0 Å². The number of carbonyl (C=O) groups is 1. The van der Waals surface area contributed by atoms with Crippen molar-refractivity contribution >= 4 is 27.8 Å². The van der Waals surface area contributed by atoms with Gasteiger partial charge in [0.15, 0.2) is 10.9 Å². The maximum Gasteiger partial charge on any atom is 0.338 e. The third-order valence-corrected chi connectivity index (χ3v) is 6.89. The lowest BCUT2D eigenvalue weighted by Gasteiger charge is -2.08. The molecule has 7 nitrogen and oxygen atoms in total. The molecule has 0 saturated carbocycles. The van der Waals surface area contributed by atoms with E-state index in [1.807, 2.05) is 85.8 Å². The fourth-order valence-corrected chi connectivity index (χ4v) is 4.84. The fourth-order valence-electron chi connectivity index (χ4n) is 4.84. The van der Waals surface area contributed by atoms with Gasteiger partial charge in [-0.05, 0) is 54.8 Å². The molecule has 6 aromatic rings. The Morgan fingerprint density at radius 1 is 0.651 bits per heavy atom. The molecule has 0 amide bonds. The smallest absolute Gasteiger partial charge is 0.338 e. The number of H-pyrrole nitrogens is 2. The summed E-state index contributed by atoms with van der Waals surface area (Å²) in [6.45, 7) is 5.17. The number of nitrogens with one attached hydrogen (secondary N) is 2. The number of esters is 1. The Labute approximate surface area is 248 Å². The van der Waals surface area contributed by atoms with Gasteiger partial charge in [0.1, 0.15) is 0 Å². The second kappa shape index (κ2) is 13.6. The van der Waals surface area contributed by atoms with E-state index in [0.29, 0.717) is 35.1 Å². The van der Waals surface area contributed by atoms with Crippen LogP contribution >= 0.6 is 0 Å². The molecule has 2 heterocycles. The number of hydrogen-bond acceptors (Lipinski definition) is 5. The molecule has 0 bridgehead atoms. The first-order valence-electron chi connectivity index (χ1n) is 14.2. The summed E-state index contributed by atoms with van der Waals surface area (Å²) in [7, 11) is 0. The molecule has 43 heavy (non-hydrogen) atoms. The third-order valence-electron chi connectivity index (χ3n) is 6.89. The molecule has 6 rings (SSSR count). The lowest BCUT2D eigenvalue weighted by Crippen LogP contribution is -2.12. The normalized spacial score (nSPS) is 10.7. The first kappa shape index (κ1) is 29.2. The Bertz CT molecular complexity index is 1980. The zero-order chi connectivity index (χ0) is 30.2. The molecule has 0 saturated heterocycles. The Hall–Kier alpha value is -5.27. The molecule has 4 aromatic carbocycles. The second-order valence-corrected chi connectivity index (χ2v) is 9.79. The van der Waals surface area contributed by atoms with E-state index in [-0.39, 0.29) is 17.5 Å². The van der Waals surface area contributed by atoms with Gasteiger partial charge in [-0.25, -0.2) is 4.79 Å². The summed E-state index contributed by atoms with van der Waals surface area (Å²) in [4.78, 5) is 43.3. The Morgan fingerprint density at radius 2 is 1.28 bits per heavy atom. The summed E-state index contributed by atoms with van der Waals surface area (Å²) < 4.78 is 10.4. The highest BCUT2D eigenvalue weighted by Crippen LogP contribution is 2.21. The number of aromatic amines is 2. The molecule has 0 aliphatic rings. The van der Waals surface area contributed by atoms with Crippen molar-refractivity contribution in [1.29, 1.82) is 0 Å². The number of ether oxygens (including phenoxy) is 2. The highest BCUT2D eigenvalue weighted by Gasteiger charge is 2.15. The van der Waals surface area contributed by atoms with Crippen molar-refractivity contribution in [3.8, 4) is 22.5 Å². The quantitative estimate of drug-likeness (QED) is 0.199. The van der Waals surface area contributed by atoms with Crippen LogP contribution in [0.3, 0.4) is 0 Å². The maximum atomic E-state index is 12.5. The van der Waals surface area contributed by atoms with Gasteiger partial charge in [0, 0.05) is 41.0 Å². The molecule has 0 fully saturated rings. The van der Waals surface area contributed by atoms with Crippen LogP contribution in [-0.4, -0.2) is 29.2 Å². The van der Waals surface area contributed by atoms with Crippen molar-refractivity contribution < 1.29 is 14.3 Å². The predicted octanol–water partition coefficient (Wildman–Crippen LogP) is 7.10. The summed E-state index contributed by atoms with van der Waals surface area (Å²) in [5.41, 5.74) is 6.10. The van der Waals surface area contributed by atoms with Gasteiger partial charge in [-0.3, -0.25) is 9.59 Å². The lowest BCUT2D eigenvalue weighted by molar-refractivity contribution is 0.0528. The molecular weight excluding hydrogens is 540 g/mol. The fraction of sp³-hybridized carbons (Fsp3) is 0.139. The molecule has 2 aromatic heterocycles. The molecule has 2 N–H and O–H groups in total. The first-order chi connectivity index (χ1) is 21.0. The monoisotopic (exact) mass is 572 g/mol. The molecule has 0 spiro atoms. The van der Waals surface area contributed by atoms with Gasteiger partial charge < -0.3 is 19.4 Å². The van der Waals surface area contributed by atoms with E-state index in [1.165, 1.54) is 6.07 Å². The largest absolute Gasteiger partial charge is 0.462 e. The van der Waals surface area contributed by atoms with E-state index in [1.54, 1.807) is 31.2 Å². The molecule has 0 atom stereocenters. The summed E-state index contributed by atoms with van der Waals surface area (Å²) in [5.74, 6) is -0.480. The minimum absolute atomic E-state index is 0.0287. The van der Waals surface area contributed by atoms with Gasteiger partial charge in [0.25, 0.3) is 0 Å². The molecule has 0 aliphatic carbocycles. The number of pyridine rings is 2.